The van der Waals surface area contributed by atoms with Crippen molar-refractivity contribution in [3.63, 3.8) is 0 Å². The minimum atomic E-state index is -0.413. The molecule has 0 aliphatic carbocycles. The number of hydrogen-bond acceptors (Lipinski definition) is 5. The molecule has 6 N–H and O–H groups in total. The van der Waals surface area contributed by atoms with Crippen LogP contribution in [-0.4, -0.2) is 33.5 Å². The molecule has 0 radical (unpaired) electrons. The second-order valence-corrected chi connectivity index (χ2v) is 2.87. The molecule has 1 rings (SSSR count). The zero-order chi connectivity index (χ0) is 11.3. The largest absolute Gasteiger partial charge is 0.370 e. The number of amides is 2. The van der Waals surface area contributed by atoms with Crippen LogP contribution in [0.3, 0.4) is 0 Å². The minimum absolute atomic E-state index is 0.0114. The number of aromatic amines is 1. The number of carbonyl (C=O) groups excluding carboxylic acids is 2. The third kappa shape index (κ3) is 3.63. The van der Waals surface area contributed by atoms with Crippen molar-refractivity contribution in [2.45, 2.75) is 12.8 Å². The molecule has 1 heterocycles. The summed E-state index contributed by atoms with van der Waals surface area (Å²) < 4.78 is 0. The molecule has 2 amide bonds. The Hall–Kier alpha value is -2.12. The molecule has 0 saturated heterocycles. The Morgan fingerprint density at radius 1 is 1.47 bits per heavy atom. The number of hydrogen-bond donors (Lipinski definition) is 4. The summed E-state index contributed by atoms with van der Waals surface area (Å²) in [4.78, 5) is 25.3. The Balaban J connectivity index is 2.28. The topological polar surface area (TPSA) is 140 Å². The standard InChI is InChI=1S/C7H12N6O2/c8-4(14)2-1-3-10-6(15)5-11-7(9)13-12-5/h1-3H2,(H2,8,14)(H,10,15)(H3,9,11,12,13). The summed E-state index contributed by atoms with van der Waals surface area (Å²) in [5.41, 5.74) is 10.1. The Morgan fingerprint density at radius 3 is 2.73 bits per heavy atom. The molecule has 0 aromatic carbocycles. The summed E-state index contributed by atoms with van der Waals surface area (Å²) >= 11 is 0. The lowest BCUT2D eigenvalue weighted by molar-refractivity contribution is -0.118. The fourth-order valence-electron chi connectivity index (χ4n) is 0.925. The van der Waals surface area contributed by atoms with Crippen LogP contribution in [-0.2, 0) is 4.79 Å². The molecule has 1 aromatic rings. The monoisotopic (exact) mass is 212 g/mol. The lowest BCUT2D eigenvalue weighted by Gasteiger charge is -2.00. The normalized spacial score (nSPS) is 9.87. The zero-order valence-electron chi connectivity index (χ0n) is 7.99. The third-order valence-corrected chi connectivity index (χ3v) is 1.60. The van der Waals surface area contributed by atoms with E-state index in [4.69, 9.17) is 11.5 Å². The third-order valence-electron chi connectivity index (χ3n) is 1.60. The number of aromatic nitrogens is 3. The van der Waals surface area contributed by atoms with E-state index in [1.54, 1.807) is 0 Å². The Bertz CT molecular complexity index is 360. The van der Waals surface area contributed by atoms with Crippen LogP contribution in [0.4, 0.5) is 5.95 Å². The molecular formula is C7H12N6O2. The number of anilines is 1. The maximum absolute atomic E-state index is 11.3. The summed E-state index contributed by atoms with van der Waals surface area (Å²) in [6.07, 6.45) is 0.726. The van der Waals surface area contributed by atoms with Crippen molar-refractivity contribution in [1.82, 2.24) is 20.5 Å². The predicted octanol–water partition coefficient (Wildman–Crippen LogP) is -1.62. The van der Waals surface area contributed by atoms with Crippen molar-refractivity contribution < 1.29 is 9.59 Å². The Labute approximate surface area is 85.4 Å². The van der Waals surface area contributed by atoms with Gasteiger partial charge in [0, 0.05) is 13.0 Å². The van der Waals surface area contributed by atoms with Crippen LogP contribution < -0.4 is 16.8 Å². The van der Waals surface area contributed by atoms with E-state index in [2.05, 4.69) is 20.5 Å². The van der Waals surface area contributed by atoms with E-state index in [-0.39, 0.29) is 18.2 Å². The molecule has 82 valence electrons. The summed E-state index contributed by atoms with van der Waals surface area (Å²) in [5.74, 6) is -0.749. The van der Waals surface area contributed by atoms with Crippen LogP contribution in [0.15, 0.2) is 0 Å². The molecule has 8 heteroatoms. The van der Waals surface area contributed by atoms with Crippen LogP contribution in [0, 0.1) is 0 Å². The second-order valence-electron chi connectivity index (χ2n) is 2.87. The van der Waals surface area contributed by atoms with Crippen molar-refractivity contribution in [2.75, 3.05) is 12.3 Å². The molecule has 0 saturated carbocycles. The van der Waals surface area contributed by atoms with Crippen molar-refractivity contribution in [2.24, 2.45) is 5.73 Å². The van der Waals surface area contributed by atoms with E-state index in [1.807, 2.05) is 0 Å². The summed E-state index contributed by atoms with van der Waals surface area (Å²) in [5, 5.41) is 8.40. The number of nitrogens with two attached hydrogens (primary N) is 2. The van der Waals surface area contributed by atoms with Gasteiger partial charge in [-0.2, -0.15) is 4.98 Å². The number of rotatable bonds is 5. The molecule has 15 heavy (non-hydrogen) atoms. The SMILES string of the molecule is NC(=O)CCCNC(=O)c1nc(N)n[nH]1. The van der Waals surface area contributed by atoms with E-state index in [9.17, 15) is 9.59 Å². The highest BCUT2D eigenvalue weighted by Crippen LogP contribution is 1.93. The maximum Gasteiger partial charge on any atom is 0.288 e. The van der Waals surface area contributed by atoms with Crippen LogP contribution >= 0.6 is 0 Å². The first-order valence-corrected chi connectivity index (χ1v) is 4.34. The molecule has 1 aromatic heterocycles. The molecule has 0 atom stereocenters. The first-order valence-electron chi connectivity index (χ1n) is 4.34. The van der Waals surface area contributed by atoms with E-state index in [1.165, 1.54) is 0 Å². The van der Waals surface area contributed by atoms with E-state index >= 15 is 0 Å². The first-order chi connectivity index (χ1) is 7.09. The average molecular weight is 212 g/mol. The van der Waals surface area contributed by atoms with Gasteiger partial charge in [0.25, 0.3) is 5.91 Å². The highest BCUT2D eigenvalue weighted by molar-refractivity contribution is 5.90. The lowest BCUT2D eigenvalue weighted by Crippen LogP contribution is -2.26. The number of primary amides is 1. The van der Waals surface area contributed by atoms with Crippen molar-refractivity contribution >= 4 is 17.8 Å². The van der Waals surface area contributed by atoms with Crippen LogP contribution in [0.2, 0.25) is 0 Å². The maximum atomic E-state index is 11.3. The van der Waals surface area contributed by atoms with Gasteiger partial charge in [0.15, 0.2) is 0 Å². The number of nitrogens with zero attached hydrogens (tertiary/aromatic N) is 2. The summed E-state index contributed by atoms with van der Waals surface area (Å²) in [6.45, 7) is 0.350. The average Bonchev–Trinajstić information content (AvgIpc) is 2.59. The van der Waals surface area contributed by atoms with Gasteiger partial charge in [0.1, 0.15) is 0 Å². The first kappa shape index (κ1) is 11.0. The number of H-pyrrole nitrogens is 1. The summed E-state index contributed by atoms with van der Waals surface area (Å²) in [7, 11) is 0. The van der Waals surface area contributed by atoms with E-state index in [0.29, 0.717) is 13.0 Å². The molecule has 0 fully saturated rings. The number of nitrogen functional groups attached to an aromatic ring is 1. The molecule has 0 aliphatic rings. The highest BCUT2D eigenvalue weighted by atomic mass is 16.2. The van der Waals surface area contributed by atoms with Gasteiger partial charge < -0.3 is 16.8 Å². The Morgan fingerprint density at radius 2 is 2.20 bits per heavy atom. The number of carbonyl (C=O) groups is 2. The quantitative estimate of drug-likeness (QED) is 0.434. The fraction of sp³-hybridized carbons (Fsp3) is 0.429. The van der Waals surface area contributed by atoms with Gasteiger partial charge in [-0.3, -0.25) is 14.7 Å². The van der Waals surface area contributed by atoms with Gasteiger partial charge in [-0.05, 0) is 6.42 Å². The molecule has 0 bridgehead atoms. The van der Waals surface area contributed by atoms with Crippen LogP contribution in [0.1, 0.15) is 23.5 Å². The van der Waals surface area contributed by atoms with Crippen molar-refractivity contribution in [3.05, 3.63) is 5.82 Å². The smallest absolute Gasteiger partial charge is 0.288 e. The second kappa shape index (κ2) is 4.94. The summed E-state index contributed by atoms with van der Waals surface area (Å²) in [6, 6.07) is 0. The molecule has 0 spiro atoms. The minimum Gasteiger partial charge on any atom is -0.370 e. The zero-order valence-corrected chi connectivity index (χ0v) is 7.99. The van der Waals surface area contributed by atoms with E-state index < -0.39 is 11.8 Å². The van der Waals surface area contributed by atoms with Gasteiger partial charge >= 0.3 is 0 Å². The predicted molar refractivity (Wildman–Crippen MR) is 51.6 cm³/mol. The lowest BCUT2D eigenvalue weighted by atomic mass is 10.3. The van der Waals surface area contributed by atoms with Gasteiger partial charge in [-0.25, -0.2) is 0 Å². The van der Waals surface area contributed by atoms with E-state index in [0.717, 1.165) is 0 Å². The molecular weight excluding hydrogens is 200 g/mol. The van der Waals surface area contributed by atoms with Crippen molar-refractivity contribution in [3.8, 4) is 0 Å². The Kier molecular flexibility index (Phi) is 3.61. The fourth-order valence-corrected chi connectivity index (χ4v) is 0.925. The molecule has 0 aliphatic heterocycles. The van der Waals surface area contributed by atoms with Gasteiger partial charge in [-0.1, -0.05) is 0 Å². The van der Waals surface area contributed by atoms with Gasteiger partial charge in [0.2, 0.25) is 17.7 Å². The van der Waals surface area contributed by atoms with Gasteiger partial charge in [-0.15, -0.1) is 5.10 Å². The molecule has 8 nitrogen and oxygen atoms in total. The molecule has 0 unspecified atom stereocenters. The van der Waals surface area contributed by atoms with Crippen molar-refractivity contribution in [1.29, 1.82) is 0 Å². The van der Waals surface area contributed by atoms with Crippen LogP contribution in [0.25, 0.3) is 0 Å². The van der Waals surface area contributed by atoms with Gasteiger partial charge in [0.05, 0.1) is 0 Å². The number of nitrogens with one attached hydrogen (secondary N) is 2. The van der Waals surface area contributed by atoms with Crippen LogP contribution in [0.5, 0.6) is 0 Å². The highest BCUT2D eigenvalue weighted by Gasteiger charge is 2.09.